The Kier molecular flexibility index (Phi) is 4.87. The zero-order valence-corrected chi connectivity index (χ0v) is 12.4. The summed E-state index contributed by atoms with van der Waals surface area (Å²) in [5, 5.41) is 13.0. The Morgan fingerprint density at radius 3 is 2.58 bits per heavy atom. The molecule has 0 aromatic rings. The van der Waals surface area contributed by atoms with E-state index in [0.717, 1.165) is 32.1 Å². The van der Waals surface area contributed by atoms with Crippen molar-refractivity contribution in [1.82, 2.24) is 5.32 Å². The third-order valence-corrected chi connectivity index (χ3v) is 6.13. The van der Waals surface area contributed by atoms with E-state index in [0.29, 0.717) is 19.6 Å². The molecule has 19 heavy (non-hydrogen) atoms. The van der Waals surface area contributed by atoms with Gasteiger partial charge in [0.05, 0.1) is 11.9 Å². The van der Waals surface area contributed by atoms with E-state index in [1.165, 1.54) is 6.26 Å². The maximum Gasteiger partial charge on any atom is 0.150 e. The van der Waals surface area contributed by atoms with Crippen molar-refractivity contribution in [3.05, 3.63) is 0 Å². The summed E-state index contributed by atoms with van der Waals surface area (Å²) in [4.78, 5) is 0. The summed E-state index contributed by atoms with van der Waals surface area (Å²) >= 11 is 0. The fourth-order valence-electron chi connectivity index (χ4n) is 3.21. The van der Waals surface area contributed by atoms with Crippen molar-refractivity contribution < 1.29 is 18.3 Å². The number of aliphatic hydroxyl groups excluding tert-OH is 1. The van der Waals surface area contributed by atoms with Crippen molar-refractivity contribution in [3.63, 3.8) is 0 Å². The molecule has 0 spiro atoms. The van der Waals surface area contributed by atoms with Crippen LogP contribution in [0.2, 0.25) is 0 Å². The Hall–Kier alpha value is -0.170. The first-order valence-corrected chi connectivity index (χ1v) is 9.06. The molecule has 2 rings (SSSR count). The van der Waals surface area contributed by atoms with Gasteiger partial charge >= 0.3 is 0 Å². The van der Waals surface area contributed by atoms with E-state index in [2.05, 4.69) is 5.32 Å². The minimum Gasteiger partial charge on any atom is -0.394 e. The van der Waals surface area contributed by atoms with Crippen molar-refractivity contribution >= 4 is 9.84 Å². The Morgan fingerprint density at radius 1 is 1.32 bits per heavy atom. The molecule has 2 N–H and O–H groups in total. The van der Waals surface area contributed by atoms with Crippen molar-refractivity contribution in [1.29, 1.82) is 0 Å². The van der Waals surface area contributed by atoms with Crippen LogP contribution in [0.5, 0.6) is 0 Å². The second-order valence-corrected chi connectivity index (χ2v) is 8.34. The topological polar surface area (TPSA) is 75.6 Å². The molecule has 1 saturated carbocycles. The highest BCUT2D eigenvalue weighted by Crippen LogP contribution is 2.28. The predicted molar refractivity (Wildman–Crippen MR) is 73.9 cm³/mol. The van der Waals surface area contributed by atoms with E-state index in [1.807, 2.05) is 0 Å². The largest absolute Gasteiger partial charge is 0.394 e. The smallest absolute Gasteiger partial charge is 0.150 e. The SMILES string of the molecule is CS(=O)(=O)C1CCCC(NC2(CO)CCOCC2)C1. The first-order chi connectivity index (χ1) is 8.95. The number of nitrogens with one attached hydrogen (secondary N) is 1. The quantitative estimate of drug-likeness (QED) is 0.787. The molecule has 0 bridgehead atoms. The minimum absolute atomic E-state index is 0.0937. The molecular formula is C13H25NO4S. The van der Waals surface area contributed by atoms with Gasteiger partial charge in [-0.05, 0) is 32.1 Å². The second kappa shape index (κ2) is 6.08. The monoisotopic (exact) mass is 291 g/mol. The van der Waals surface area contributed by atoms with Crippen LogP contribution in [0.3, 0.4) is 0 Å². The molecule has 1 saturated heterocycles. The fraction of sp³-hybridized carbons (Fsp3) is 1.00. The van der Waals surface area contributed by atoms with E-state index in [-0.39, 0.29) is 23.4 Å². The highest BCUT2D eigenvalue weighted by molar-refractivity contribution is 7.91. The maximum atomic E-state index is 11.7. The number of aliphatic hydroxyl groups is 1. The lowest BCUT2D eigenvalue weighted by atomic mass is 9.86. The van der Waals surface area contributed by atoms with Crippen LogP contribution < -0.4 is 5.32 Å². The lowest BCUT2D eigenvalue weighted by molar-refractivity contribution is 0.00448. The van der Waals surface area contributed by atoms with Crippen LogP contribution in [0, 0.1) is 0 Å². The van der Waals surface area contributed by atoms with E-state index >= 15 is 0 Å². The standard InChI is InChI=1S/C13H25NO4S/c1-19(16,17)12-4-2-3-11(9-12)14-13(10-15)5-7-18-8-6-13/h11-12,14-15H,2-10H2,1H3. The van der Waals surface area contributed by atoms with Gasteiger partial charge in [0.25, 0.3) is 0 Å². The molecule has 2 atom stereocenters. The summed E-state index contributed by atoms with van der Waals surface area (Å²) in [6.45, 7) is 1.42. The minimum atomic E-state index is -2.95. The number of rotatable bonds is 4. The van der Waals surface area contributed by atoms with Gasteiger partial charge < -0.3 is 15.2 Å². The molecule has 1 aliphatic heterocycles. The van der Waals surface area contributed by atoms with Crippen LogP contribution >= 0.6 is 0 Å². The molecule has 0 aromatic carbocycles. The van der Waals surface area contributed by atoms with Crippen LogP contribution in [-0.2, 0) is 14.6 Å². The second-order valence-electron chi connectivity index (χ2n) is 6.01. The Labute approximate surface area is 115 Å². The van der Waals surface area contributed by atoms with Crippen molar-refractivity contribution in [2.24, 2.45) is 0 Å². The van der Waals surface area contributed by atoms with Gasteiger partial charge in [0.15, 0.2) is 0 Å². The number of hydrogen-bond donors (Lipinski definition) is 2. The normalized spacial score (nSPS) is 32.1. The maximum absolute atomic E-state index is 11.7. The van der Waals surface area contributed by atoms with Gasteiger partial charge in [-0.1, -0.05) is 6.42 Å². The molecule has 0 aromatic heterocycles. The summed E-state index contributed by atoms with van der Waals surface area (Å²) in [7, 11) is -2.95. The summed E-state index contributed by atoms with van der Waals surface area (Å²) < 4.78 is 28.7. The van der Waals surface area contributed by atoms with Gasteiger partial charge in [-0.3, -0.25) is 0 Å². The number of hydrogen-bond acceptors (Lipinski definition) is 5. The van der Waals surface area contributed by atoms with E-state index in [1.54, 1.807) is 0 Å². The summed E-state index contributed by atoms with van der Waals surface area (Å²) in [5.74, 6) is 0. The lowest BCUT2D eigenvalue weighted by Gasteiger charge is -2.41. The first kappa shape index (κ1) is 15.2. The van der Waals surface area contributed by atoms with Crippen molar-refractivity contribution in [2.45, 2.75) is 55.4 Å². The fourth-order valence-corrected chi connectivity index (χ4v) is 4.38. The molecule has 2 fully saturated rings. The molecular weight excluding hydrogens is 266 g/mol. The molecule has 0 radical (unpaired) electrons. The average Bonchev–Trinajstić information content (AvgIpc) is 2.39. The zero-order chi connectivity index (χ0) is 13.9. The van der Waals surface area contributed by atoms with Crippen LogP contribution in [-0.4, -0.2) is 56.4 Å². The van der Waals surface area contributed by atoms with Crippen molar-refractivity contribution in [3.8, 4) is 0 Å². The number of ether oxygens (including phenoxy) is 1. The molecule has 6 heteroatoms. The summed E-state index contributed by atoms with van der Waals surface area (Å²) in [6, 6.07) is 0.193. The summed E-state index contributed by atoms with van der Waals surface area (Å²) in [5.41, 5.74) is -0.275. The molecule has 0 amide bonds. The van der Waals surface area contributed by atoms with Crippen LogP contribution in [0.1, 0.15) is 38.5 Å². The Balaban J connectivity index is 1.97. The Bertz CT molecular complexity index is 389. The van der Waals surface area contributed by atoms with E-state index in [9.17, 15) is 13.5 Å². The molecule has 112 valence electrons. The molecule has 1 heterocycles. The van der Waals surface area contributed by atoms with Gasteiger partial charge in [-0.2, -0.15) is 0 Å². The third-order valence-electron chi connectivity index (χ3n) is 4.49. The zero-order valence-electron chi connectivity index (χ0n) is 11.6. The first-order valence-electron chi connectivity index (χ1n) is 7.10. The molecule has 2 aliphatic rings. The summed E-state index contributed by atoms with van der Waals surface area (Å²) in [6.07, 6.45) is 6.29. The molecule has 5 nitrogen and oxygen atoms in total. The highest BCUT2D eigenvalue weighted by Gasteiger charge is 2.37. The van der Waals surface area contributed by atoms with E-state index < -0.39 is 9.84 Å². The Morgan fingerprint density at radius 2 is 2.00 bits per heavy atom. The van der Waals surface area contributed by atoms with Gasteiger partial charge in [-0.15, -0.1) is 0 Å². The average molecular weight is 291 g/mol. The predicted octanol–water partition coefficient (Wildman–Crippen LogP) is 0.473. The van der Waals surface area contributed by atoms with E-state index in [4.69, 9.17) is 4.74 Å². The molecule has 2 unspecified atom stereocenters. The van der Waals surface area contributed by atoms with Crippen LogP contribution in [0.4, 0.5) is 0 Å². The van der Waals surface area contributed by atoms with Gasteiger partial charge in [-0.25, -0.2) is 8.42 Å². The van der Waals surface area contributed by atoms with Gasteiger partial charge in [0, 0.05) is 31.1 Å². The molecule has 1 aliphatic carbocycles. The highest BCUT2D eigenvalue weighted by atomic mass is 32.2. The van der Waals surface area contributed by atoms with Crippen molar-refractivity contribution in [2.75, 3.05) is 26.1 Å². The third kappa shape index (κ3) is 3.90. The lowest BCUT2D eigenvalue weighted by Crippen LogP contribution is -2.57. The van der Waals surface area contributed by atoms with Gasteiger partial charge in [0.1, 0.15) is 9.84 Å². The van der Waals surface area contributed by atoms with Crippen LogP contribution in [0.25, 0.3) is 0 Å². The number of sulfone groups is 1. The van der Waals surface area contributed by atoms with Gasteiger partial charge in [0.2, 0.25) is 0 Å². The van der Waals surface area contributed by atoms with Crippen LogP contribution in [0.15, 0.2) is 0 Å².